The molecule has 1 saturated heterocycles. The zero-order chi connectivity index (χ0) is 23.8. The summed E-state index contributed by atoms with van der Waals surface area (Å²) in [6.45, 7) is 3.55. The van der Waals surface area contributed by atoms with E-state index in [4.69, 9.17) is 9.47 Å². The van der Waals surface area contributed by atoms with Gasteiger partial charge in [-0.2, -0.15) is 0 Å². The van der Waals surface area contributed by atoms with E-state index < -0.39 is 0 Å². The number of ether oxygens (including phenoxy) is 2. The van der Waals surface area contributed by atoms with Gasteiger partial charge in [-0.3, -0.25) is 0 Å². The van der Waals surface area contributed by atoms with Crippen molar-refractivity contribution in [3.8, 4) is 0 Å². The van der Waals surface area contributed by atoms with E-state index in [2.05, 4.69) is 34.6 Å². The summed E-state index contributed by atoms with van der Waals surface area (Å²) in [5.74, 6) is 0.973. The standard InChI is InChI=1S/C27H32FN3O3/c1-16(31(2)3)20-5-4-6-22(27(20)32)29-26-21(24-15-34-24)13-33-14-23(26)30-25(17-7-8-17)18-9-11-19(28)12-10-18/h6-7,9-12,16,25,29-30,32H,4-5,8,13-15H2,1-3H3/b24-21+. The molecule has 1 aromatic rings. The number of likely N-dealkylation sites (N-methyl/N-ethyl adjacent to an activating group) is 1. The molecule has 0 bridgehead atoms. The van der Waals surface area contributed by atoms with Gasteiger partial charge in [-0.05, 0) is 69.1 Å². The van der Waals surface area contributed by atoms with Crippen LogP contribution in [0.2, 0.25) is 0 Å². The Hall–Kier alpha value is -3.03. The largest absolute Gasteiger partial charge is 0.506 e. The first-order chi connectivity index (χ1) is 16.4. The predicted molar refractivity (Wildman–Crippen MR) is 129 cm³/mol. The molecular formula is C27H32FN3O3. The second-order valence-corrected chi connectivity index (χ2v) is 9.44. The van der Waals surface area contributed by atoms with Crippen molar-refractivity contribution >= 4 is 0 Å². The van der Waals surface area contributed by atoms with Crippen LogP contribution in [0.5, 0.6) is 0 Å². The van der Waals surface area contributed by atoms with Crippen LogP contribution in [-0.2, 0) is 9.47 Å². The number of rotatable bonds is 8. The van der Waals surface area contributed by atoms with Crippen LogP contribution in [0.4, 0.5) is 4.39 Å². The number of halogens is 1. The number of nitrogens with zero attached hydrogens (tertiary/aromatic N) is 1. The molecule has 7 heteroatoms. The summed E-state index contributed by atoms with van der Waals surface area (Å²) in [5.41, 5.74) is 6.77. The number of aliphatic hydroxyl groups is 1. The van der Waals surface area contributed by atoms with Gasteiger partial charge in [-0.1, -0.05) is 24.3 Å². The predicted octanol–water partition coefficient (Wildman–Crippen LogP) is 4.34. The van der Waals surface area contributed by atoms with Crippen molar-refractivity contribution in [2.24, 2.45) is 0 Å². The Morgan fingerprint density at radius 1 is 1.09 bits per heavy atom. The van der Waals surface area contributed by atoms with Gasteiger partial charge in [0.1, 0.15) is 23.9 Å². The maximum absolute atomic E-state index is 13.5. The van der Waals surface area contributed by atoms with Gasteiger partial charge in [0.05, 0.1) is 36.3 Å². The molecule has 34 heavy (non-hydrogen) atoms. The van der Waals surface area contributed by atoms with Crippen LogP contribution in [0.25, 0.3) is 0 Å². The lowest BCUT2D eigenvalue weighted by Crippen LogP contribution is -2.35. The molecule has 2 unspecified atom stereocenters. The fraction of sp³-hybridized carbons (Fsp3) is 0.407. The van der Waals surface area contributed by atoms with Gasteiger partial charge in [-0.15, -0.1) is 0 Å². The van der Waals surface area contributed by atoms with E-state index in [1.807, 2.05) is 26.2 Å². The van der Waals surface area contributed by atoms with Crippen LogP contribution in [-0.4, -0.2) is 50.0 Å². The minimum Gasteiger partial charge on any atom is -0.506 e. The molecule has 0 aromatic heterocycles. The Kier molecular flexibility index (Phi) is 6.23. The zero-order valence-corrected chi connectivity index (χ0v) is 20.0. The third-order valence-corrected chi connectivity index (χ3v) is 6.91. The Balaban J connectivity index is 1.48. The third kappa shape index (κ3) is 4.76. The quantitative estimate of drug-likeness (QED) is 0.392. The zero-order valence-electron chi connectivity index (χ0n) is 20.0. The summed E-state index contributed by atoms with van der Waals surface area (Å²) >= 11 is 0. The van der Waals surface area contributed by atoms with E-state index >= 15 is 0 Å². The smallest absolute Gasteiger partial charge is 0.145 e. The monoisotopic (exact) mass is 465 g/mol. The topological polar surface area (TPSA) is 69.3 Å². The van der Waals surface area contributed by atoms with Gasteiger partial charge in [-0.25, -0.2) is 4.39 Å². The lowest BCUT2D eigenvalue weighted by molar-refractivity contribution is 0.162. The molecule has 0 amide bonds. The van der Waals surface area contributed by atoms with Crippen molar-refractivity contribution in [2.75, 3.05) is 33.9 Å². The highest BCUT2D eigenvalue weighted by molar-refractivity contribution is 5.47. The first-order valence-electron chi connectivity index (χ1n) is 11.9. The maximum Gasteiger partial charge on any atom is 0.145 e. The van der Waals surface area contributed by atoms with Gasteiger partial charge in [0, 0.05) is 11.6 Å². The normalized spacial score (nSPS) is 23.8. The Bertz CT molecular complexity index is 1120. The van der Waals surface area contributed by atoms with Crippen LogP contribution < -0.4 is 10.6 Å². The Labute approximate surface area is 200 Å². The summed E-state index contributed by atoms with van der Waals surface area (Å²) in [5, 5.41) is 18.3. The number of allylic oxidation sites excluding steroid dienone is 2. The second-order valence-electron chi connectivity index (χ2n) is 9.44. The van der Waals surface area contributed by atoms with E-state index in [1.54, 1.807) is 0 Å². The van der Waals surface area contributed by atoms with Gasteiger partial charge in [0.2, 0.25) is 0 Å². The van der Waals surface area contributed by atoms with Gasteiger partial charge in [0.15, 0.2) is 0 Å². The number of nitrogens with one attached hydrogen (secondary N) is 2. The SMILES string of the molecule is CC(C1=C(O)C(NC2=C(NC(C3=CC3)c3ccc(F)cc3)COC/C2=C2/CO2)=CCC1)N(C)C. The number of hydrogen-bond donors (Lipinski definition) is 3. The van der Waals surface area contributed by atoms with E-state index in [1.165, 1.54) is 17.7 Å². The molecule has 0 radical (unpaired) electrons. The molecular weight excluding hydrogens is 433 g/mol. The maximum atomic E-state index is 13.5. The number of aliphatic hydroxyl groups excluding tert-OH is 1. The van der Waals surface area contributed by atoms with Crippen LogP contribution in [0.15, 0.2) is 81.7 Å². The molecule has 4 aliphatic rings. The fourth-order valence-corrected chi connectivity index (χ4v) is 4.51. The first-order valence-corrected chi connectivity index (χ1v) is 11.9. The van der Waals surface area contributed by atoms with Crippen molar-refractivity contribution in [3.63, 3.8) is 0 Å². The number of hydrogen-bond acceptors (Lipinski definition) is 6. The lowest BCUT2D eigenvalue weighted by Gasteiger charge is -2.31. The molecule has 1 fully saturated rings. The van der Waals surface area contributed by atoms with Gasteiger partial charge in [0.25, 0.3) is 0 Å². The lowest BCUT2D eigenvalue weighted by atomic mass is 9.94. The van der Waals surface area contributed by atoms with Crippen LogP contribution in [0, 0.1) is 5.82 Å². The van der Waals surface area contributed by atoms with Gasteiger partial charge < -0.3 is 30.1 Å². The van der Waals surface area contributed by atoms with Crippen LogP contribution >= 0.6 is 0 Å². The van der Waals surface area contributed by atoms with Crippen molar-refractivity contribution in [1.82, 2.24) is 15.5 Å². The average molecular weight is 466 g/mol. The first kappa shape index (κ1) is 22.7. The summed E-state index contributed by atoms with van der Waals surface area (Å²) in [6, 6.07) is 6.70. The summed E-state index contributed by atoms with van der Waals surface area (Å²) in [4.78, 5) is 2.11. The highest BCUT2D eigenvalue weighted by atomic mass is 19.1. The minimum atomic E-state index is -0.248. The molecule has 0 saturated carbocycles. The molecule has 6 nitrogen and oxygen atoms in total. The third-order valence-electron chi connectivity index (χ3n) is 6.91. The van der Waals surface area contributed by atoms with Crippen molar-refractivity contribution in [1.29, 1.82) is 0 Å². The van der Waals surface area contributed by atoms with E-state index in [0.717, 1.165) is 53.1 Å². The van der Waals surface area contributed by atoms with E-state index in [0.29, 0.717) is 31.3 Å². The highest BCUT2D eigenvalue weighted by Crippen LogP contribution is 2.37. The second kappa shape index (κ2) is 9.31. The van der Waals surface area contributed by atoms with Crippen molar-refractivity contribution in [3.05, 3.63) is 93.1 Å². The fourth-order valence-electron chi connectivity index (χ4n) is 4.51. The summed E-state index contributed by atoms with van der Waals surface area (Å²) < 4.78 is 25.0. The van der Waals surface area contributed by atoms with E-state index in [-0.39, 0.29) is 17.9 Å². The van der Waals surface area contributed by atoms with E-state index in [9.17, 15) is 9.50 Å². The molecule has 180 valence electrons. The summed E-state index contributed by atoms with van der Waals surface area (Å²) in [7, 11) is 4.04. The summed E-state index contributed by atoms with van der Waals surface area (Å²) in [6.07, 6.45) is 6.86. The minimum absolute atomic E-state index is 0.0609. The van der Waals surface area contributed by atoms with Crippen molar-refractivity contribution in [2.45, 2.75) is 38.3 Å². The van der Waals surface area contributed by atoms with Crippen LogP contribution in [0.1, 0.15) is 37.8 Å². The van der Waals surface area contributed by atoms with Gasteiger partial charge >= 0.3 is 0 Å². The number of epoxide rings is 1. The van der Waals surface area contributed by atoms with Crippen molar-refractivity contribution < 1.29 is 19.0 Å². The molecule has 5 rings (SSSR count). The molecule has 2 aliphatic carbocycles. The molecule has 3 N–H and O–H groups in total. The molecule has 2 heterocycles. The highest BCUT2D eigenvalue weighted by Gasteiger charge is 2.32. The Morgan fingerprint density at radius 3 is 2.47 bits per heavy atom. The Morgan fingerprint density at radius 2 is 1.82 bits per heavy atom. The molecule has 1 aromatic carbocycles. The van der Waals surface area contributed by atoms with Crippen LogP contribution in [0.3, 0.4) is 0 Å². The molecule has 2 atom stereocenters. The average Bonchev–Trinajstić information content (AvgIpc) is 3.73. The number of benzene rings is 1. The molecule has 0 spiro atoms. The molecule has 2 aliphatic heterocycles.